The van der Waals surface area contributed by atoms with E-state index in [1.54, 1.807) is 0 Å². The van der Waals surface area contributed by atoms with Gasteiger partial charge in [0.25, 0.3) is 0 Å². The van der Waals surface area contributed by atoms with Crippen LogP contribution >= 0.6 is 0 Å². The van der Waals surface area contributed by atoms with Gasteiger partial charge in [-0.25, -0.2) is 29.4 Å². The van der Waals surface area contributed by atoms with Crippen LogP contribution in [-0.2, 0) is 201 Å². The van der Waals surface area contributed by atoms with Crippen molar-refractivity contribution in [3.05, 3.63) is 215 Å². The van der Waals surface area contributed by atoms with Crippen LogP contribution in [0.25, 0.3) is 29.4 Å². The van der Waals surface area contributed by atoms with Gasteiger partial charge in [-0.1, -0.05) is 182 Å². The maximum absolute atomic E-state index is 5.38. The van der Waals surface area contributed by atoms with Crippen LogP contribution in [0.5, 0.6) is 0 Å². The van der Waals surface area contributed by atoms with Crippen molar-refractivity contribution in [2.45, 2.75) is 29.4 Å². The first-order chi connectivity index (χ1) is 28.8. The quantitative estimate of drug-likeness (QED) is 0.0885. The van der Waals surface area contributed by atoms with Crippen LogP contribution in [0.4, 0.5) is 0 Å². The molecule has 0 heterocycles. The average Bonchev–Trinajstić information content (AvgIpc) is 3.33. The third-order valence-corrected chi connectivity index (χ3v) is 14.3. The second-order valence-electron chi connectivity index (χ2n) is 12.1. The predicted molar refractivity (Wildman–Crippen MR) is 284 cm³/mol. The molecule has 7 rings (SSSR count). The van der Waals surface area contributed by atoms with Crippen molar-refractivity contribution in [2.75, 3.05) is 0 Å². The predicted octanol–water partition coefficient (Wildman–Crippen LogP) is 11.9. The van der Waals surface area contributed by atoms with E-state index in [2.05, 4.69) is 0 Å². The van der Waals surface area contributed by atoms with E-state index in [1.807, 2.05) is 182 Å². The van der Waals surface area contributed by atoms with Crippen molar-refractivity contribution in [1.82, 2.24) is 0 Å². The Bertz CT molecular complexity index is 2050. The summed E-state index contributed by atoms with van der Waals surface area (Å²) in [6, 6.07) is 59.2. The van der Waals surface area contributed by atoms with Crippen molar-refractivity contribution in [1.29, 1.82) is 0 Å². The molecule has 0 aliphatic heterocycles. The van der Waals surface area contributed by atoms with Gasteiger partial charge in [0, 0.05) is 49.5 Å². The van der Waals surface area contributed by atoms with Crippen LogP contribution < -0.4 is 0 Å². The van der Waals surface area contributed by atoms with Crippen molar-refractivity contribution < 1.29 is 49.5 Å². The maximum atomic E-state index is 5.38. The third-order valence-electron chi connectivity index (χ3n) is 8.07. The first kappa shape index (κ1) is 58.9. The van der Waals surface area contributed by atoms with Crippen LogP contribution in [-0.4, -0.2) is 0 Å². The number of hydrogen-bond acceptors (Lipinski definition) is 12. The second kappa shape index (κ2) is 31.0. The van der Waals surface area contributed by atoms with Crippen LogP contribution in [0, 0.1) is 0 Å². The summed E-state index contributed by atoms with van der Waals surface area (Å²) in [6.45, 7) is 0. The van der Waals surface area contributed by atoms with Gasteiger partial charge in [0.1, 0.15) is 0 Å². The van der Waals surface area contributed by atoms with E-state index in [0.717, 1.165) is 62.8 Å². The molecule has 0 aliphatic rings. The van der Waals surface area contributed by atoms with E-state index in [0.29, 0.717) is 29.4 Å². The largest absolute Gasteiger partial charge is 0.783 e. The fourth-order valence-corrected chi connectivity index (χ4v) is 8.08. The Morgan fingerprint density at radius 2 is 0.286 bits per heavy atom. The van der Waals surface area contributed by atoms with Gasteiger partial charge in [-0.05, 0) is 33.4 Å². The molecule has 0 bridgehead atoms. The van der Waals surface area contributed by atoms with E-state index >= 15 is 0 Å². The summed E-state index contributed by atoms with van der Waals surface area (Å²) < 4.78 is 0. The molecule has 336 valence electrons. The Kier molecular flexibility index (Phi) is 28.9. The zero-order chi connectivity index (χ0) is 43.6. The molecule has 7 aromatic carbocycles. The molecule has 0 saturated heterocycles. The molecular weight excluding hydrogens is 1140 g/mol. The van der Waals surface area contributed by atoms with Crippen molar-refractivity contribution in [3.63, 3.8) is 0 Å². The number of benzene rings is 7. The minimum atomic E-state index is 0. The molecule has 0 unspecified atom stereocenters. The maximum Gasteiger partial charge on any atom is 0 e. The molecule has 63 heavy (non-hydrogen) atoms. The first-order valence-electron chi connectivity index (χ1n) is 17.7. The molecule has 15 heteroatoms. The molecule has 7 aromatic rings. The smallest absolute Gasteiger partial charge is 0 e. The Hall–Kier alpha value is -2.12. The molecule has 0 spiro atoms. The summed E-state index contributed by atoms with van der Waals surface area (Å²) in [6.07, 6.45) is 0. The van der Waals surface area contributed by atoms with Gasteiger partial charge in [-0.2, -0.15) is 29.4 Å². The summed E-state index contributed by atoms with van der Waals surface area (Å²) in [4.78, 5) is 6.78. The summed E-state index contributed by atoms with van der Waals surface area (Å²) >= 11 is 62.0. The first-order valence-corrected chi connectivity index (χ1v) is 22.6. The Balaban J connectivity index is 0.000000416. The van der Waals surface area contributed by atoms with Crippen molar-refractivity contribution in [3.8, 4) is 0 Å². The molecule has 0 atom stereocenters. The molecule has 0 radical (unpaired) electrons. The zero-order valence-corrected chi connectivity index (χ0v) is 44.9. The van der Waals surface area contributed by atoms with Crippen LogP contribution in [0.2, 0.25) is 0 Å². The zero-order valence-electron chi connectivity index (χ0n) is 32.2. The monoisotopic (exact) mass is 1160 g/mol. The molecule has 0 N–H and O–H groups in total. The van der Waals surface area contributed by atoms with Crippen molar-refractivity contribution in [2.24, 2.45) is 0 Å². The second-order valence-corrected chi connectivity index (χ2v) is 17.0. The molecule has 0 amide bonds. The van der Waals surface area contributed by atoms with Gasteiger partial charge in [-0.15, -0.1) is 0 Å². The minimum absolute atomic E-state index is 0. The van der Waals surface area contributed by atoms with Gasteiger partial charge in [0.05, 0.1) is 0 Å². The summed E-state index contributed by atoms with van der Waals surface area (Å²) in [5.74, 6) is 0. The Morgan fingerprint density at radius 1 is 0.190 bits per heavy atom. The van der Waals surface area contributed by atoms with E-state index in [4.69, 9.17) is 152 Å². The van der Waals surface area contributed by atoms with Crippen molar-refractivity contribution >= 4 is 181 Å². The normalized spacial score (nSPS) is 11.0. The van der Waals surface area contributed by atoms with Crippen LogP contribution in [0.15, 0.2) is 211 Å². The van der Waals surface area contributed by atoms with E-state index in [1.165, 1.54) is 0 Å². The Morgan fingerprint density at radius 3 is 0.381 bits per heavy atom. The minimum Gasteiger partial charge on any atom is -0.783 e. The summed E-state index contributed by atoms with van der Waals surface area (Å²) in [5.41, 5.74) is 6.04. The molecule has 0 aliphatic carbocycles. The topological polar surface area (TPSA) is 0 Å². The summed E-state index contributed by atoms with van der Waals surface area (Å²) in [5, 5.41) is 0. The molecule has 0 aromatic heterocycles. The fraction of sp³-hybridized carbons (Fsp3) is 0. The van der Waals surface area contributed by atoms with Gasteiger partial charge in [0.2, 0.25) is 0 Å². The van der Waals surface area contributed by atoms with Gasteiger partial charge in [-0.3, -0.25) is 0 Å². The van der Waals surface area contributed by atoms with Gasteiger partial charge < -0.3 is 152 Å². The van der Waals surface area contributed by atoms with Crippen LogP contribution in [0.1, 0.15) is 33.4 Å². The number of hydrogen-bond donors (Lipinski definition) is 0. The van der Waals surface area contributed by atoms with E-state index in [9.17, 15) is 0 Å². The summed E-state index contributed by atoms with van der Waals surface area (Å²) in [7, 11) is 0. The molecular formula is C48H30Ni3S12-12. The third kappa shape index (κ3) is 17.9. The molecule has 0 nitrogen and oxygen atoms in total. The molecule has 0 fully saturated rings. The van der Waals surface area contributed by atoms with E-state index < -0.39 is 0 Å². The SMILES string of the molecule is [Ni].[Ni].[Ni].[S-]/C(=C(\[S-])c1ccccc1)c1ccccc1.[S-]/C(=C(\[S-])c1ccccc1)c1ccccc1.[S-]/C(=C(\[S-])c1ccccc1)c1ccccc1.[S-]c1c([S-])c([S-])c([S-])c([S-])c1[S-]. The van der Waals surface area contributed by atoms with Gasteiger partial charge >= 0.3 is 0 Å². The Labute approximate surface area is 469 Å². The molecule has 0 saturated carbocycles. The van der Waals surface area contributed by atoms with Gasteiger partial charge in [0.15, 0.2) is 0 Å². The van der Waals surface area contributed by atoms with Crippen LogP contribution in [0.3, 0.4) is 0 Å². The van der Waals surface area contributed by atoms with E-state index in [-0.39, 0.29) is 49.5 Å². The standard InChI is InChI=1S/3C14H12S2.C6H6S6.3Ni/c3*15-13(11-7-3-1-4-8-11)14(16)12-9-5-2-6-10-12;7-1-2(8)4(10)6(12)5(11)3(1)9;;;/h3*1-10,15-16H;7-12H;;;/p-12/b3*14-13-;;;;. The number of rotatable bonds is 6. The fourth-order valence-electron chi connectivity index (χ4n) is 4.94. The average molecular weight is 1170 g/mol.